The van der Waals surface area contributed by atoms with E-state index in [-0.39, 0.29) is 17.9 Å². The molecule has 5 atom stereocenters. The molecule has 48 heavy (non-hydrogen) atoms. The van der Waals surface area contributed by atoms with Crippen LogP contribution in [0.25, 0.3) is 0 Å². The summed E-state index contributed by atoms with van der Waals surface area (Å²) in [6.45, 7) is 27.4. The first-order valence-electron chi connectivity index (χ1n) is 17.0. The Kier molecular flexibility index (Phi) is 11.1. The number of hydrogen-bond donors (Lipinski definition) is 1. The van der Waals surface area contributed by atoms with Crippen molar-refractivity contribution in [1.29, 1.82) is 0 Å². The Bertz CT molecular complexity index is 1430. The van der Waals surface area contributed by atoms with Gasteiger partial charge < -0.3 is 19.7 Å². The van der Waals surface area contributed by atoms with Gasteiger partial charge in [-0.3, -0.25) is 19.2 Å². The summed E-state index contributed by atoms with van der Waals surface area (Å²) in [6, 6.07) is 7.59. The topological polar surface area (TPSA) is 97.4 Å². The monoisotopic (exact) mass is 689 g/mol. The number of carbonyl (C=O) groups is 3. The number of carbonyl (C=O) groups excluding carboxylic acids is 3. The summed E-state index contributed by atoms with van der Waals surface area (Å²) in [7, 11) is 3.43. The number of nitrogens with zero attached hydrogens (tertiary/aromatic N) is 2. The molecule has 0 radical (unpaired) electrons. The number of nitrogens with one attached hydrogen (secondary N) is 1. The lowest BCUT2D eigenvalue weighted by Gasteiger charge is -2.47. The Morgan fingerprint density at radius 2 is 1.50 bits per heavy atom. The molecule has 0 saturated carbocycles. The molecule has 1 saturated heterocycles. The fraction of sp³-hybridized carbons (Fsp3) is 0.711. The maximum atomic E-state index is 14.2. The van der Waals surface area contributed by atoms with E-state index >= 15 is 0 Å². The summed E-state index contributed by atoms with van der Waals surface area (Å²) in [4.78, 5) is 48.8. The minimum atomic E-state index is -1.18. The average molecular weight is 690 g/mol. The van der Waals surface area contributed by atoms with Gasteiger partial charge in [-0.15, -0.1) is 11.6 Å². The fourth-order valence-corrected chi connectivity index (χ4v) is 7.29. The zero-order valence-corrected chi connectivity index (χ0v) is 32.9. The molecule has 2 bridgehead atoms. The van der Waals surface area contributed by atoms with Crippen LogP contribution in [0, 0.1) is 17.3 Å². The van der Waals surface area contributed by atoms with Gasteiger partial charge in [0, 0.05) is 19.8 Å². The first-order valence-corrected chi connectivity index (χ1v) is 17.4. The highest BCUT2D eigenvalue weighted by Gasteiger charge is 2.78. The van der Waals surface area contributed by atoms with E-state index in [4.69, 9.17) is 25.9 Å². The zero-order chi connectivity index (χ0) is 37.0. The number of amides is 2. The van der Waals surface area contributed by atoms with Gasteiger partial charge in [0.1, 0.15) is 16.7 Å². The Morgan fingerprint density at radius 3 is 1.98 bits per heavy atom. The van der Waals surface area contributed by atoms with Crippen LogP contribution in [0.3, 0.4) is 0 Å². The molecular formula is C38H60ClN3O6. The molecule has 1 heterocycles. The highest BCUT2D eigenvalue weighted by molar-refractivity contribution is 6.25. The average Bonchev–Trinajstić information content (AvgIpc) is 3.22. The summed E-state index contributed by atoms with van der Waals surface area (Å²) >= 11 is 6.74. The van der Waals surface area contributed by atoms with Crippen LogP contribution < -0.4 is 5.32 Å². The lowest BCUT2D eigenvalue weighted by Crippen LogP contribution is -2.65. The van der Waals surface area contributed by atoms with E-state index in [2.05, 4.69) is 5.32 Å². The van der Waals surface area contributed by atoms with Gasteiger partial charge >= 0.3 is 5.97 Å². The van der Waals surface area contributed by atoms with Gasteiger partial charge in [0.2, 0.25) is 11.8 Å². The maximum absolute atomic E-state index is 14.2. The van der Waals surface area contributed by atoms with Crippen LogP contribution in [0.2, 0.25) is 0 Å². The number of hydroxylamine groups is 2. The minimum Gasteiger partial charge on any atom is -0.453 e. The molecule has 1 aromatic carbocycles. The van der Waals surface area contributed by atoms with Gasteiger partial charge in [0.05, 0.1) is 29.4 Å². The van der Waals surface area contributed by atoms with E-state index < -0.39 is 50.4 Å². The molecule has 0 aromatic heterocycles. The number of alkyl halides is 1. The molecule has 270 valence electrons. The Labute approximate surface area is 294 Å². The smallest absolute Gasteiger partial charge is 0.309 e. The number of benzene rings is 1. The number of rotatable bonds is 13. The SMILES string of the molecule is CC1=C(C)C2(C)N(C(C)(C)C(=O)Nc3ccc(COC(C)C)cc3)OC1(C)C2(C)OC(=O)C(C)C(C)(C)CC(C(=O)N(C)C)C(C)(C)Cl. The van der Waals surface area contributed by atoms with Crippen molar-refractivity contribution in [1.82, 2.24) is 9.96 Å². The highest BCUT2D eigenvalue weighted by atomic mass is 35.5. The Morgan fingerprint density at radius 1 is 0.958 bits per heavy atom. The standard InChI is InChI=1S/C38H60ClN3O6/c1-23(2)46-22-27-17-19-28(20-18-27)40-32(45)35(10,11)42-36(12)24(3)25(4)37(13,48-42)38(36,14)47-31(44)26(5)33(6,7)21-29(34(8,9)39)30(43)41(15)16/h17-20,23,26,29H,21-22H2,1-16H3,(H,40,45). The van der Waals surface area contributed by atoms with Crippen LogP contribution in [0.5, 0.6) is 0 Å². The quantitative estimate of drug-likeness (QED) is 0.130. The van der Waals surface area contributed by atoms with Gasteiger partial charge in [0.15, 0.2) is 5.60 Å². The van der Waals surface area contributed by atoms with E-state index in [0.29, 0.717) is 18.7 Å². The van der Waals surface area contributed by atoms with E-state index in [1.54, 1.807) is 24.1 Å². The highest BCUT2D eigenvalue weighted by Crippen LogP contribution is 2.64. The van der Waals surface area contributed by atoms with Gasteiger partial charge in [-0.1, -0.05) is 32.9 Å². The fourth-order valence-electron chi connectivity index (χ4n) is 7.12. The minimum absolute atomic E-state index is 0.0828. The third-order valence-electron chi connectivity index (χ3n) is 11.5. The molecule has 9 nitrogen and oxygen atoms in total. The molecular weight excluding hydrogens is 630 g/mol. The van der Waals surface area contributed by atoms with Gasteiger partial charge in [-0.25, -0.2) is 0 Å². The molecule has 1 aromatic rings. The normalized spacial score (nSPS) is 26.1. The second-order valence-electron chi connectivity index (χ2n) is 16.5. The van der Waals surface area contributed by atoms with Crippen molar-refractivity contribution in [3.05, 3.63) is 41.0 Å². The first kappa shape index (κ1) is 40.0. The number of esters is 1. The van der Waals surface area contributed by atoms with E-state index in [0.717, 1.165) is 16.7 Å². The number of hydrogen-bond acceptors (Lipinski definition) is 7. The molecule has 2 amide bonds. The summed E-state index contributed by atoms with van der Waals surface area (Å²) in [6.07, 6.45) is 0.513. The van der Waals surface area contributed by atoms with Gasteiger partial charge in [-0.05, 0) is 117 Å². The van der Waals surface area contributed by atoms with Crippen molar-refractivity contribution in [2.75, 3.05) is 19.4 Å². The molecule has 1 aliphatic carbocycles. The molecule has 5 unspecified atom stereocenters. The van der Waals surface area contributed by atoms with E-state index in [1.165, 1.54) is 0 Å². The van der Waals surface area contributed by atoms with Gasteiger partial charge in [-0.2, -0.15) is 5.06 Å². The van der Waals surface area contributed by atoms with Crippen molar-refractivity contribution < 1.29 is 28.7 Å². The third-order valence-corrected chi connectivity index (χ3v) is 11.8. The van der Waals surface area contributed by atoms with Crippen LogP contribution in [0.4, 0.5) is 5.69 Å². The van der Waals surface area contributed by atoms with Crippen LogP contribution >= 0.6 is 11.6 Å². The number of ether oxygens (including phenoxy) is 2. The zero-order valence-electron chi connectivity index (χ0n) is 32.2. The predicted molar refractivity (Wildman–Crippen MR) is 191 cm³/mol. The molecule has 3 rings (SSSR count). The molecule has 10 heteroatoms. The maximum Gasteiger partial charge on any atom is 0.309 e. The summed E-state index contributed by atoms with van der Waals surface area (Å²) in [5.41, 5.74) is -1.40. The summed E-state index contributed by atoms with van der Waals surface area (Å²) in [5, 5.41) is 4.77. The van der Waals surface area contributed by atoms with Gasteiger partial charge in [0.25, 0.3) is 0 Å². The molecule has 2 aliphatic rings. The van der Waals surface area contributed by atoms with Crippen molar-refractivity contribution in [2.45, 2.75) is 143 Å². The first-order chi connectivity index (χ1) is 21.7. The van der Waals surface area contributed by atoms with E-state index in [9.17, 15) is 14.4 Å². The Hall–Kier alpha value is -2.46. The van der Waals surface area contributed by atoms with Crippen LogP contribution in [0.15, 0.2) is 35.4 Å². The Balaban J connectivity index is 1.90. The number of fused-ring (bicyclic) bond motifs is 2. The number of anilines is 1. The second kappa shape index (κ2) is 13.3. The summed E-state index contributed by atoms with van der Waals surface area (Å²) in [5.74, 6) is -1.85. The largest absolute Gasteiger partial charge is 0.453 e. The molecule has 1 aliphatic heterocycles. The van der Waals surface area contributed by atoms with Crippen molar-refractivity contribution in [3.8, 4) is 0 Å². The molecule has 0 spiro atoms. The van der Waals surface area contributed by atoms with Crippen LogP contribution in [0.1, 0.15) is 109 Å². The number of halogens is 1. The van der Waals surface area contributed by atoms with Crippen molar-refractivity contribution in [2.24, 2.45) is 17.3 Å². The van der Waals surface area contributed by atoms with Crippen molar-refractivity contribution in [3.63, 3.8) is 0 Å². The van der Waals surface area contributed by atoms with Crippen LogP contribution in [-0.2, 0) is 35.3 Å². The second-order valence-corrected chi connectivity index (χ2v) is 17.5. The molecule has 1 N–H and O–H groups in total. The van der Waals surface area contributed by atoms with Crippen LogP contribution in [-0.4, -0.2) is 75.1 Å². The third kappa shape index (κ3) is 6.81. The van der Waals surface area contributed by atoms with E-state index in [1.807, 2.05) is 121 Å². The molecule has 1 fully saturated rings. The lowest BCUT2D eigenvalue weighted by atomic mass is 9.70. The lowest BCUT2D eigenvalue weighted by molar-refractivity contribution is -0.251. The van der Waals surface area contributed by atoms with Crippen molar-refractivity contribution >= 4 is 35.1 Å². The summed E-state index contributed by atoms with van der Waals surface area (Å²) < 4.78 is 12.3. The predicted octanol–water partition coefficient (Wildman–Crippen LogP) is 7.52.